The third-order valence-corrected chi connectivity index (χ3v) is 4.59. The van der Waals surface area contributed by atoms with E-state index in [9.17, 15) is 13.6 Å². The summed E-state index contributed by atoms with van der Waals surface area (Å²) in [6.07, 6.45) is 1.49. The smallest absolute Gasteiger partial charge is 0.220 e. The number of halogens is 2. The maximum atomic E-state index is 13.9. The molecular formula is C22H22F2N2O5. The molecule has 0 saturated heterocycles. The summed E-state index contributed by atoms with van der Waals surface area (Å²) in [7, 11) is 4.56. The van der Waals surface area contributed by atoms with Crippen molar-refractivity contribution in [1.29, 1.82) is 0 Å². The molecule has 1 heterocycles. The molecule has 3 aromatic rings. The van der Waals surface area contributed by atoms with Crippen LogP contribution in [0.25, 0.3) is 11.3 Å². The number of aromatic nitrogens is 1. The fourth-order valence-electron chi connectivity index (χ4n) is 3.01. The summed E-state index contributed by atoms with van der Waals surface area (Å²) >= 11 is 0. The number of methoxy groups -OCH3 is 3. The standard InChI is InChI=1S/C22H22F2N2O5/c1-28-16-10-18(30-3)17(29-2)9-13(16)11-25-20(27)7-8-21-26-12-19(31-21)22-14(23)5-4-6-15(22)24/h4-6,9-10,12H,7-8,11H2,1-3H3,(H,25,27). The van der Waals surface area contributed by atoms with Crippen LogP contribution in [0.2, 0.25) is 0 Å². The number of nitrogens with zero attached hydrogens (tertiary/aromatic N) is 1. The summed E-state index contributed by atoms with van der Waals surface area (Å²) < 4.78 is 49.0. The second kappa shape index (κ2) is 9.92. The third kappa shape index (κ3) is 5.11. The fourth-order valence-corrected chi connectivity index (χ4v) is 3.01. The van der Waals surface area contributed by atoms with Gasteiger partial charge in [0.25, 0.3) is 0 Å². The van der Waals surface area contributed by atoms with Crippen LogP contribution in [0.15, 0.2) is 40.9 Å². The van der Waals surface area contributed by atoms with Gasteiger partial charge in [-0.2, -0.15) is 0 Å². The average Bonchev–Trinajstić information content (AvgIpc) is 3.23. The Bertz CT molecular complexity index is 1050. The molecular weight excluding hydrogens is 410 g/mol. The Morgan fingerprint density at radius 1 is 1.03 bits per heavy atom. The number of hydrogen-bond donors (Lipinski definition) is 1. The molecule has 0 atom stereocenters. The summed E-state index contributed by atoms with van der Waals surface area (Å²) in [6.45, 7) is 0.208. The molecule has 1 aromatic heterocycles. The highest BCUT2D eigenvalue weighted by molar-refractivity contribution is 5.76. The van der Waals surface area contributed by atoms with Gasteiger partial charge in [-0.05, 0) is 18.2 Å². The zero-order valence-electron chi connectivity index (χ0n) is 17.3. The molecule has 0 aliphatic rings. The molecule has 1 N–H and O–H groups in total. The van der Waals surface area contributed by atoms with E-state index in [1.165, 1.54) is 33.6 Å². The molecule has 0 saturated carbocycles. The molecule has 31 heavy (non-hydrogen) atoms. The summed E-state index contributed by atoms with van der Waals surface area (Å²) in [5.74, 6) is 0.00251. The van der Waals surface area contributed by atoms with Gasteiger partial charge >= 0.3 is 0 Å². The maximum absolute atomic E-state index is 13.9. The predicted octanol–water partition coefficient (Wildman–Crippen LogP) is 3.89. The molecule has 164 valence electrons. The van der Waals surface area contributed by atoms with Crippen LogP contribution in [0.5, 0.6) is 17.2 Å². The molecule has 7 nitrogen and oxygen atoms in total. The minimum absolute atomic E-state index is 0.0268. The lowest BCUT2D eigenvalue weighted by Crippen LogP contribution is -2.23. The van der Waals surface area contributed by atoms with Crippen LogP contribution < -0.4 is 19.5 Å². The van der Waals surface area contributed by atoms with Gasteiger partial charge < -0.3 is 23.9 Å². The largest absolute Gasteiger partial charge is 0.496 e. The lowest BCUT2D eigenvalue weighted by molar-refractivity contribution is -0.121. The highest BCUT2D eigenvalue weighted by Crippen LogP contribution is 2.34. The number of hydrogen-bond acceptors (Lipinski definition) is 6. The van der Waals surface area contributed by atoms with Crippen molar-refractivity contribution < 1.29 is 32.2 Å². The lowest BCUT2D eigenvalue weighted by Gasteiger charge is -2.14. The minimum atomic E-state index is -0.746. The van der Waals surface area contributed by atoms with Crippen LogP contribution in [0.1, 0.15) is 17.9 Å². The molecule has 2 aromatic carbocycles. The summed E-state index contributed by atoms with van der Waals surface area (Å²) in [4.78, 5) is 16.3. The molecule has 0 fully saturated rings. The van der Waals surface area contributed by atoms with E-state index >= 15 is 0 Å². The van der Waals surface area contributed by atoms with Crippen LogP contribution in [-0.4, -0.2) is 32.2 Å². The van der Waals surface area contributed by atoms with E-state index in [0.29, 0.717) is 22.8 Å². The Kier molecular flexibility index (Phi) is 7.07. The molecule has 0 radical (unpaired) electrons. The van der Waals surface area contributed by atoms with E-state index in [-0.39, 0.29) is 42.5 Å². The molecule has 0 aliphatic heterocycles. The number of carbonyl (C=O) groups excluding carboxylic acids is 1. The van der Waals surface area contributed by atoms with Crippen molar-refractivity contribution in [3.63, 3.8) is 0 Å². The van der Waals surface area contributed by atoms with E-state index < -0.39 is 11.6 Å². The first-order chi connectivity index (χ1) is 15.0. The van der Waals surface area contributed by atoms with Crippen LogP contribution in [0.4, 0.5) is 8.78 Å². The van der Waals surface area contributed by atoms with E-state index in [1.807, 2.05) is 0 Å². The topological polar surface area (TPSA) is 82.8 Å². The van der Waals surface area contributed by atoms with Crippen LogP contribution in [-0.2, 0) is 17.8 Å². The number of aryl methyl sites for hydroxylation is 1. The van der Waals surface area contributed by atoms with Gasteiger partial charge in [0.1, 0.15) is 17.4 Å². The number of rotatable bonds is 9. The van der Waals surface area contributed by atoms with Gasteiger partial charge in [-0.3, -0.25) is 4.79 Å². The second-order valence-corrected chi connectivity index (χ2v) is 6.51. The Morgan fingerprint density at radius 3 is 2.32 bits per heavy atom. The van der Waals surface area contributed by atoms with Gasteiger partial charge in [0, 0.05) is 31.0 Å². The van der Waals surface area contributed by atoms with Gasteiger partial charge in [0.15, 0.2) is 23.1 Å². The van der Waals surface area contributed by atoms with Crippen molar-refractivity contribution in [2.24, 2.45) is 0 Å². The van der Waals surface area contributed by atoms with E-state index in [4.69, 9.17) is 18.6 Å². The predicted molar refractivity (Wildman–Crippen MR) is 108 cm³/mol. The molecule has 0 aliphatic carbocycles. The van der Waals surface area contributed by atoms with Crippen LogP contribution in [0.3, 0.4) is 0 Å². The Hall–Kier alpha value is -3.62. The van der Waals surface area contributed by atoms with Gasteiger partial charge in [-0.15, -0.1) is 0 Å². The SMILES string of the molecule is COc1cc(OC)c(OC)cc1CNC(=O)CCc1ncc(-c2c(F)cccc2F)o1. The van der Waals surface area contributed by atoms with Gasteiger partial charge in [0.2, 0.25) is 5.91 Å². The van der Waals surface area contributed by atoms with Gasteiger partial charge in [-0.25, -0.2) is 13.8 Å². The second-order valence-electron chi connectivity index (χ2n) is 6.51. The van der Waals surface area contributed by atoms with Crippen molar-refractivity contribution in [2.75, 3.05) is 21.3 Å². The number of carbonyl (C=O) groups is 1. The van der Waals surface area contributed by atoms with E-state index in [2.05, 4.69) is 10.3 Å². The summed E-state index contributed by atoms with van der Waals surface area (Å²) in [6, 6.07) is 6.94. The Labute approximate surface area is 177 Å². The molecule has 0 spiro atoms. The number of ether oxygens (including phenoxy) is 3. The first-order valence-electron chi connectivity index (χ1n) is 9.41. The van der Waals surface area contributed by atoms with Crippen molar-refractivity contribution in [3.8, 4) is 28.6 Å². The highest BCUT2D eigenvalue weighted by Gasteiger charge is 2.17. The molecule has 9 heteroatoms. The van der Waals surface area contributed by atoms with Gasteiger partial charge in [0.05, 0.1) is 33.1 Å². The number of oxazole rings is 1. The number of amides is 1. The molecule has 1 amide bonds. The zero-order valence-corrected chi connectivity index (χ0v) is 17.3. The Morgan fingerprint density at radius 2 is 1.68 bits per heavy atom. The zero-order chi connectivity index (χ0) is 22.4. The van der Waals surface area contributed by atoms with Crippen LogP contribution in [0, 0.1) is 11.6 Å². The molecule has 3 rings (SSSR count). The quantitative estimate of drug-likeness (QED) is 0.552. The van der Waals surface area contributed by atoms with Crippen LogP contribution >= 0.6 is 0 Å². The van der Waals surface area contributed by atoms with Crippen molar-refractivity contribution in [1.82, 2.24) is 10.3 Å². The van der Waals surface area contributed by atoms with Crippen molar-refractivity contribution >= 4 is 5.91 Å². The minimum Gasteiger partial charge on any atom is -0.496 e. The van der Waals surface area contributed by atoms with Crippen molar-refractivity contribution in [3.05, 3.63) is 59.6 Å². The normalized spacial score (nSPS) is 10.6. The average molecular weight is 432 g/mol. The highest BCUT2D eigenvalue weighted by atomic mass is 19.1. The van der Waals surface area contributed by atoms with Gasteiger partial charge in [-0.1, -0.05) is 6.07 Å². The fraction of sp³-hybridized carbons (Fsp3) is 0.273. The third-order valence-electron chi connectivity index (χ3n) is 4.59. The molecule has 0 unspecified atom stereocenters. The Balaban J connectivity index is 1.60. The number of benzene rings is 2. The van der Waals surface area contributed by atoms with E-state index in [1.54, 1.807) is 12.1 Å². The summed E-state index contributed by atoms with van der Waals surface area (Å²) in [5, 5.41) is 2.78. The molecule has 0 bridgehead atoms. The van der Waals surface area contributed by atoms with Crippen molar-refractivity contribution in [2.45, 2.75) is 19.4 Å². The lowest BCUT2D eigenvalue weighted by atomic mass is 10.1. The summed E-state index contributed by atoms with van der Waals surface area (Å²) in [5.41, 5.74) is 0.424. The monoisotopic (exact) mass is 432 g/mol. The first-order valence-corrected chi connectivity index (χ1v) is 9.41. The maximum Gasteiger partial charge on any atom is 0.220 e. The number of nitrogens with one attached hydrogen (secondary N) is 1. The van der Waals surface area contributed by atoms with E-state index in [0.717, 1.165) is 12.1 Å². The first kappa shape index (κ1) is 22.1.